The van der Waals surface area contributed by atoms with E-state index in [2.05, 4.69) is 114 Å². The van der Waals surface area contributed by atoms with Crippen LogP contribution in [0.4, 0.5) is 17.3 Å². The molecule has 1 aliphatic heterocycles. The molecule has 0 aromatic heterocycles. The third kappa shape index (κ3) is 4.76. The number of nitrogens with zero attached hydrogens (tertiary/aromatic N) is 7. The molecule has 1 saturated heterocycles. The van der Waals surface area contributed by atoms with Gasteiger partial charge in [-0.1, -0.05) is 0 Å². The van der Waals surface area contributed by atoms with Crippen molar-refractivity contribution in [2.24, 2.45) is 4.52 Å². The first kappa shape index (κ1) is 30.2. The summed E-state index contributed by atoms with van der Waals surface area (Å²) in [5, 5.41) is -0.257. The van der Waals surface area contributed by atoms with Gasteiger partial charge in [0, 0.05) is 6.16 Å². The summed E-state index contributed by atoms with van der Waals surface area (Å²) in [5.41, 5.74) is -0.231. The summed E-state index contributed by atoms with van der Waals surface area (Å²) in [5.74, 6) is 0. The van der Waals surface area contributed by atoms with Crippen molar-refractivity contribution in [3.8, 4) is 0 Å². The molecule has 0 saturated carbocycles. The van der Waals surface area contributed by atoms with Gasteiger partial charge in [0.2, 0.25) is 0 Å². The maximum absolute atomic E-state index is 9.75. The average molecular weight is 481 g/mol. The Hall–Kier alpha value is 0.205. The van der Waals surface area contributed by atoms with E-state index in [0.29, 0.717) is 6.04 Å². The molecule has 1 aliphatic rings. The minimum absolute atomic E-state index is 0.231. The van der Waals surface area contributed by atoms with E-state index < -0.39 is 14.5 Å². The SMILES string of the molecule is CN(C)C1CP(=N[PH3+])(N(C)C)C(N(C)C)(N(C)C)C1(N(C)C)N(C)C.F[B-](F)(F)F. The first-order valence-corrected chi connectivity index (χ1v) is 12.1. The number of halogens is 4. The van der Waals surface area contributed by atoms with E-state index in [-0.39, 0.29) is 11.1 Å². The highest BCUT2D eigenvalue weighted by Gasteiger charge is 2.75. The van der Waals surface area contributed by atoms with E-state index in [1.807, 2.05) is 0 Å². The predicted octanol–water partition coefficient (Wildman–Crippen LogP) is 2.03. The van der Waals surface area contributed by atoms with Crippen LogP contribution in [-0.4, -0.2) is 144 Å². The standard InChI is InChI=1S/C16H41N7P2.BF4/c1-18(2)14-13-25(17-24,23(11)12)16(21(7)8,22(9)10)15(14,19(3)4)20(5)6;2-1(3,4)5/h14H,13,24H2,1-12H3;/q;-1/p+1. The maximum atomic E-state index is 9.75. The summed E-state index contributed by atoms with van der Waals surface area (Å²) >= 11 is 0. The fraction of sp³-hybridized carbons (Fsp3) is 1.00. The fourth-order valence-corrected chi connectivity index (χ4v) is 12.3. The quantitative estimate of drug-likeness (QED) is 0.250. The lowest BCUT2D eigenvalue weighted by molar-refractivity contribution is -0.155. The van der Waals surface area contributed by atoms with E-state index in [1.54, 1.807) is 9.39 Å². The Morgan fingerprint density at radius 3 is 1.27 bits per heavy atom. The molecule has 0 amide bonds. The molecule has 0 radical (unpaired) electrons. The molecule has 3 unspecified atom stereocenters. The molecule has 0 aromatic rings. The Balaban J connectivity index is 0.00000150. The number of rotatable bonds is 6. The smallest absolute Gasteiger partial charge is 0.418 e. The molecule has 1 fully saturated rings. The lowest BCUT2D eigenvalue weighted by Gasteiger charge is -2.63. The van der Waals surface area contributed by atoms with Crippen LogP contribution in [0, 0.1) is 0 Å². The average Bonchev–Trinajstić information content (AvgIpc) is 2.83. The number of hydrogen-bond acceptors (Lipinski definition) is 6. The molecule has 3 atom stereocenters. The van der Waals surface area contributed by atoms with E-state index in [0.717, 1.165) is 6.16 Å². The van der Waals surface area contributed by atoms with Gasteiger partial charge in [-0.2, -0.15) is 0 Å². The second-order valence-corrected chi connectivity index (χ2v) is 13.2. The Morgan fingerprint density at radius 2 is 1.10 bits per heavy atom. The van der Waals surface area contributed by atoms with Gasteiger partial charge in [0.05, 0.1) is 15.4 Å². The minimum Gasteiger partial charge on any atom is -0.418 e. The Bertz CT molecular complexity index is 591. The molecule has 14 heteroatoms. The zero-order valence-corrected chi connectivity index (χ0v) is 23.0. The summed E-state index contributed by atoms with van der Waals surface area (Å²) < 4.78 is 46.6. The topological polar surface area (TPSA) is 31.8 Å². The van der Waals surface area contributed by atoms with Crippen molar-refractivity contribution in [2.75, 3.05) is 90.7 Å². The van der Waals surface area contributed by atoms with E-state index >= 15 is 0 Å². The van der Waals surface area contributed by atoms with Gasteiger partial charge in [-0.05, 0) is 84.6 Å². The summed E-state index contributed by atoms with van der Waals surface area (Å²) in [4.78, 5) is 12.1. The van der Waals surface area contributed by atoms with E-state index in [9.17, 15) is 17.3 Å². The van der Waals surface area contributed by atoms with Gasteiger partial charge in [-0.3, -0.25) is 24.3 Å². The molecule has 0 spiro atoms. The lowest BCUT2D eigenvalue weighted by atomic mass is 9.92. The van der Waals surface area contributed by atoms with Crippen LogP contribution in [-0.2, 0) is 0 Å². The van der Waals surface area contributed by atoms with Crippen LogP contribution in [0.1, 0.15) is 0 Å². The molecule has 0 N–H and O–H groups in total. The zero-order chi connectivity index (χ0) is 24.5. The molecule has 0 aliphatic carbocycles. The van der Waals surface area contributed by atoms with Gasteiger partial charge >= 0.3 is 7.25 Å². The van der Waals surface area contributed by atoms with E-state index in [4.69, 9.17) is 4.52 Å². The van der Waals surface area contributed by atoms with Crippen LogP contribution in [0.3, 0.4) is 0 Å². The predicted molar refractivity (Wildman–Crippen MR) is 127 cm³/mol. The minimum atomic E-state index is -6.00. The Labute approximate surface area is 183 Å². The summed E-state index contributed by atoms with van der Waals surface area (Å²) in [6.07, 6.45) is 1.06. The van der Waals surface area contributed by atoms with Crippen molar-refractivity contribution in [1.82, 2.24) is 29.2 Å². The molecule has 30 heavy (non-hydrogen) atoms. The van der Waals surface area contributed by atoms with Gasteiger partial charge in [-0.15, -0.1) is 4.52 Å². The van der Waals surface area contributed by atoms with Gasteiger partial charge in [0.1, 0.15) is 12.9 Å². The molecule has 182 valence electrons. The molecule has 0 bridgehead atoms. The van der Waals surface area contributed by atoms with Gasteiger partial charge in [-0.25, -0.2) is 0 Å². The lowest BCUT2D eigenvalue weighted by Crippen LogP contribution is -2.80. The first-order valence-electron chi connectivity index (χ1n) is 9.60. The van der Waals surface area contributed by atoms with Crippen LogP contribution in [0.15, 0.2) is 4.52 Å². The highest BCUT2D eigenvalue weighted by Crippen LogP contribution is 2.75. The third-order valence-electron chi connectivity index (χ3n) is 6.02. The highest BCUT2D eigenvalue weighted by molar-refractivity contribution is 7.68. The number of hydrogen-bond donors (Lipinski definition) is 0. The van der Waals surface area contributed by atoms with Crippen molar-refractivity contribution in [3.63, 3.8) is 0 Å². The maximum Gasteiger partial charge on any atom is 0.673 e. The number of likely N-dealkylation sites (N-methyl/N-ethyl adjacent to an activating group) is 5. The summed E-state index contributed by atoms with van der Waals surface area (Å²) in [7, 11) is 20.4. The molecular weight excluding hydrogens is 439 g/mol. The van der Waals surface area contributed by atoms with Crippen molar-refractivity contribution >= 4 is 23.9 Å². The summed E-state index contributed by atoms with van der Waals surface area (Å²) in [6.45, 7) is 0. The van der Waals surface area contributed by atoms with Crippen LogP contribution < -0.4 is 0 Å². The molecule has 1 heterocycles. The largest absolute Gasteiger partial charge is 0.673 e. The van der Waals surface area contributed by atoms with Gasteiger partial charge in [0.15, 0.2) is 5.40 Å². The Morgan fingerprint density at radius 1 is 0.767 bits per heavy atom. The molecule has 1 rings (SSSR count). The van der Waals surface area contributed by atoms with Gasteiger partial charge < -0.3 is 22.2 Å². The van der Waals surface area contributed by atoms with Crippen molar-refractivity contribution in [3.05, 3.63) is 0 Å². The second-order valence-electron chi connectivity index (χ2n) is 8.82. The zero-order valence-electron chi connectivity index (χ0n) is 20.7. The summed E-state index contributed by atoms with van der Waals surface area (Å²) in [6, 6.07) is 0.339. The fourth-order valence-electron chi connectivity index (χ4n) is 5.53. The second kappa shape index (κ2) is 10.4. The normalized spacial score (nSPS) is 26.3. The monoisotopic (exact) mass is 481 g/mol. The first-order chi connectivity index (χ1) is 13.3. The van der Waals surface area contributed by atoms with Crippen molar-refractivity contribution in [1.29, 1.82) is 0 Å². The van der Waals surface area contributed by atoms with Crippen molar-refractivity contribution in [2.45, 2.75) is 17.1 Å². The van der Waals surface area contributed by atoms with Gasteiger partial charge in [0.25, 0.3) is 0 Å². The highest BCUT2D eigenvalue weighted by atomic mass is 31.2. The van der Waals surface area contributed by atoms with Crippen LogP contribution in [0.2, 0.25) is 0 Å². The molecular formula is C16H42BF4N7P2. The van der Waals surface area contributed by atoms with Crippen molar-refractivity contribution < 1.29 is 17.3 Å². The van der Waals surface area contributed by atoms with E-state index in [1.165, 1.54) is 0 Å². The molecule has 7 nitrogen and oxygen atoms in total. The Kier molecular flexibility index (Phi) is 10.5. The van der Waals surface area contributed by atoms with Crippen LogP contribution in [0.25, 0.3) is 0 Å². The van der Waals surface area contributed by atoms with Crippen LogP contribution >= 0.6 is 16.6 Å². The third-order valence-corrected chi connectivity index (χ3v) is 12.2. The van der Waals surface area contributed by atoms with Crippen LogP contribution in [0.5, 0.6) is 0 Å². The molecule has 0 aromatic carbocycles.